The second-order valence-corrected chi connectivity index (χ2v) is 8.48. The minimum atomic E-state index is -3.71. The molecule has 0 saturated heterocycles. The maximum Gasteiger partial charge on any atom is 0.261 e. The zero-order valence-corrected chi connectivity index (χ0v) is 15.9. The number of nitrogens with one attached hydrogen (secondary N) is 2. The van der Waals surface area contributed by atoms with Crippen LogP contribution in [0, 0.1) is 13.8 Å². The second kappa shape index (κ2) is 6.04. The van der Waals surface area contributed by atoms with Crippen LogP contribution in [0.15, 0.2) is 59.5 Å². The summed E-state index contributed by atoms with van der Waals surface area (Å²) in [4.78, 5) is 3.56. The van der Waals surface area contributed by atoms with Crippen LogP contribution in [-0.4, -0.2) is 13.4 Å². The molecule has 0 saturated carbocycles. The van der Waals surface area contributed by atoms with Crippen LogP contribution in [0.3, 0.4) is 0 Å². The first kappa shape index (κ1) is 16.9. The van der Waals surface area contributed by atoms with Crippen molar-refractivity contribution >= 4 is 49.1 Å². The number of sulfonamides is 1. The first-order valence-corrected chi connectivity index (χ1v) is 10.0. The lowest BCUT2D eigenvalue weighted by Crippen LogP contribution is -2.13. The summed E-state index contributed by atoms with van der Waals surface area (Å²) in [5.74, 6) is 0. The maximum absolute atomic E-state index is 12.7. The Labute approximate surface area is 156 Å². The lowest BCUT2D eigenvalue weighted by molar-refractivity contribution is 0.601. The van der Waals surface area contributed by atoms with Crippen LogP contribution < -0.4 is 4.72 Å². The molecular weight excluding hydrogens is 368 g/mol. The minimum Gasteiger partial charge on any atom is -0.353 e. The number of aromatic amines is 1. The summed E-state index contributed by atoms with van der Waals surface area (Å²) < 4.78 is 28.2. The normalized spacial score (nSPS) is 12.0. The smallest absolute Gasteiger partial charge is 0.261 e. The Bertz CT molecular complexity index is 1240. The van der Waals surface area contributed by atoms with Crippen LogP contribution in [0.4, 0.5) is 5.69 Å². The van der Waals surface area contributed by atoms with Crippen molar-refractivity contribution < 1.29 is 8.42 Å². The van der Waals surface area contributed by atoms with Gasteiger partial charge in [0.15, 0.2) is 0 Å². The van der Waals surface area contributed by atoms with E-state index in [9.17, 15) is 8.42 Å². The summed E-state index contributed by atoms with van der Waals surface area (Å²) >= 11 is 5.85. The van der Waals surface area contributed by atoms with Gasteiger partial charge >= 0.3 is 0 Å². The predicted molar refractivity (Wildman–Crippen MR) is 108 cm³/mol. The fourth-order valence-electron chi connectivity index (χ4n) is 3.24. The summed E-state index contributed by atoms with van der Waals surface area (Å²) in [7, 11) is -3.71. The number of halogens is 1. The standard InChI is InChI=1S/C20H17ClN2O2S/c1-12-6-7-13(2)19-18(12)16-4-3-5-17(20(16)22-19)23-26(24,25)15-10-8-14(21)9-11-15/h3-11,22-23H,1-2H3. The van der Waals surface area contributed by atoms with Crippen molar-refractivity contribution in [1.29, 1.82) is 0 Å². The largest absolute Gasteiger partial charge is 0.353 e. The number of aryl methyl sites for hydroxylation is 2. The molecule has 0 fully saturated rings. The van der Waals surface area contributed by atoms with E-state index in [2.05, 4.69) is 28.8 Å². The molecule has 0 radical (unpaired) electrons. The molecule has 0 aliphatic carbocycles. The van der Waals surface area contributed by atoms with E-state index in [1.165, 1.54) is 12.1 Å². The van der Waals surface area contributed by atoms with Crippen LogP contribution in [0.1, 0.15) is 11.1 Å². The number of anilines is 1. The molecule has 4 nitrogen and oxygen atoms in total. The number of rotatable bonds is 3. The molecule has 0 unspecified atom stereocenters. The number of H-pyrrole nitrogens is 1. The van der Waals surface area contributed by atoms with E-state index in [4.69, 9.17) is 11.6 Å². The lowest BCUT2D eigenvalue weighted by atomic mass is 10.0. The molecule has 26 heavy (non-hydrogen) atoms. The summed E-state index contributed by atoms with van der Waals surface area (Å²) in [5.41, 5.74) is 4.59. The van der Waals surface area contributed by atoms with E-state index < -0.39 is 10.0 Å². The molecule has 4 rings (SSSR count). The van der Waals surface area contributed by atoms with Gasteiger partial charge < -0.3 is 4.98 Å². The van der Waals surface area contributed by atoms with Crippen LogP contribution in [0.25, 0.3) is 21.8 Å². The lowest BCUT2D eigenvalue weighted by Gasteiger charge is -2.09. The second-order valence-electron chi connectivity index (χ2n) is 6.36. The molecule has 0 aliphatic heterocycles. The first-order valence-electron chi connectivity index (χ1n) is 8.16. The fraction of sp³-hybridized carbons (Fsp3) is 0.100. The molecule has 3 aromatic carbocycles. The monoisotopic (exact) mass is 384 g/mol. The predicted octanol–water partition coefficient (Wildman–Crippen LogP) is 5.39. The highest BCUT2D eigenvalue weighted by Gasteiger charge is 2.17. The molecule has 6 heteroatoms. The van der Waals surface area contributed by atoms with Gasteiger partial charge in [-0.05, 0) is 55.3 Å². The Balaban J connectivity index is 1.89. The van der Waals surface area contributed by atoms with E-state index in [0.29, 0.717) is 10.7 Å². The van der Waals surface area contributed by atoms with Crippen molar-refractivity contribution in [2.75, 3.05) is 4.72 Å². The highest BCUT2D eigenvalue weighted by atomic mass is 35.5. The highest BCUT2D eigenvalue weighted by molar-refractivity contribution is 7.92. The van der Waals surface area contributed by atoms with Crippen molar-refractivity contribution in [2.24, 2.45) is 0 Å². The van der Waals surface area contributed by atoms with Crippen molar-refractivity contribution in [2.45, 2.75) is 18.7 Å². The zero-order chi connectivity index (χ0) is 18.5. The Morgan fingerprint density at radius 3 is 2.31 bits per heavy atom. The van der Waals surface area contributed by atoms with E-state index in [1.807, 2.05) is 19.1 Å². The number of aromatic nitrogens is 1. The third-order valence-electron chi connectivity index (χ3n) is 4.57. The molecule has 1 heterocycles. The summed E-state index contributed by atoms with van der Waals surface area (Å²) in [6.45, 7) is 4.09. The van der Waals surface area contributed by atoms with Crippen LogP contribution in [0.5, 0.6) is 0 Å². The van der Waals surface area contributed by atoms with Crippen LogP contribution >= 0.6 is 11.6 Å². The van der Waals surface area contributed by atoms with Gasteiger partial charge in [0.2, 0.25) is 0 Å². The average molecular weight is 385 g/mol. The Morgan fingerprint density at radius 2 is 1.58 bits per heavy atom. The topological polar surface area (TPSA) is 62.0 Å². The summed E-state index contributed by atoms with van der Waals surface area (Å²) in [6.07, 6.45) is 0. The number of para-hydroxylation sites is 1. The molecule has 0 aliphatic rings. The molecule has 0 atom stereocenters. The van der Waals surface area contributed by atoms with E-state index in [-0.39, 0.29) is 4.90 Å². The Morgan fingerprint density at radius 1 is 0.885 bits per heavy atom. The maximum atomic E-state index is 12.7. The van der Waals surface area contributed by atoms with Gasteiger partial charge in [-0.3, -0.25) is 4.72 Å². The van der Waals surface area contributed by atoms with Crippen molar-refractivity contribution in [3.63, 3.8) is 0 Å². The Kier molecular flexibility index (Phi) is 3.93. The average Bonchev–Trinajstić information content (AvgIpc) is 3.00. The van der Waals surface area contributed by atoms with Gasteiger partial charge in [0.25, 0.3) is 10.0 Å². The molecule has 1 aromatic heterocycles. The molecule has 4 aromatic rings. The number of hydrogen-bond acceptors (Lipinski definition) is 2. The fourth-order valence-corrected chi connectivity index (χ4v) is 4.44. The molecule has 0 amide bonds. The van der Waals surface area contributed by atoms with Gasteiger partial charge in [-0.25, -0.2) is 8.42 Å². The van der Waals surface area contributed by atoms with Gasteiger partial charge in [-0.1, -0.05) is 35.9 Å². The minimum absolute atomic E-state index is 0.169. The molecular formula is C20H17ClN2O2S. The molecule has 0 bridgehead atoms. The third kappa shape index (κ3) is 2.73. The van der Waals surface area contributed by atoms with Crippen molar-refractivity contribution in [3.05, 3.63) is 70.7 Å². The summed E-state index contributed by atoms with van der Waals surface area (Å²) in [6, 6.07) is 15.9. The van der Waals surface area contributed by atoms with Crippen molar-refractivity contribution in [1.82, 2.24) is 4.98 Å². The number of benzene rings is 3. The quantitative estimate of drug-likeness (QED) is 0.497. The number of fused-ring (bicyclic) bond motifs is 3. The zero-order valence-electron chi connectivity index (χ0n) is 14.3. The van der Waals surface area contributed by atoms with Crippen LogP contribution in [0.2, 0.25) is 5.02 Å². The van der Waals surface area contributed by atoms with E-state index in [1.54, 1.807) is 18.2 Å². The van der Waals surface area contributed by atoms with Gasteiger partial charge in [-0.2, -0.15) is 0 Å². The van der Waals surface area contributed by atoms with E-state index in [0.717, 1.165) is 32.9 Å². The van der Waals surface area contributed by atoms with Gasteiger partial charge in [0.05, 0.1) is 16.1 Å². The van der Waals surface area contributed by atoms with Gasteiger partial charge in [-0.15, -0.1) is 0 Å². The SMILES string of the molecule is Cc1ccc(C)c2c1[nH]c1c(NS(=O)(=O)c3ccc(Cl)cc3)cccc12. The van der Waals surface area contributed by atoms with Gasteiger partial charge in [0, 0.05) is 21.3 Å². The van der Waals surface area contributed by atoms with Crippen molar-refractivity contribution in [3.8, 4) is 0 Å². The summed E-state index contributed by atoms with van der Waals surface area (Å²) in [5, 5.41) is 2.61. The highest BCUT2D eigenvalue weighted by Crippen LogP contribution is 2.34. The first-order chi connectivity index (χ1) is 12.4. The number of hydrogen-bond donors (Lipinski definition) is 2. The Hall–Kier alpha value is -2.50. The molecule has 2 N–H and O–H groups in total. The van der Waals surface area contributed by atoms with E-state index >= 15 is 0 Å². The van der Waals surface area contributed by atoms with Gasteiger partial charge in [0.1, 0.15) is 0 Å². The molecule has 0 spiro atoms. The molecule has 132 valence electrons. The van der Waals surface area contributed by atoms with Crippen LogP contribution in [-0.2, 0) is 10.0 Å². The third-order valence-corrected chi connectivity index (χ3v) is 6.21.